The van der Waals surface area contributed by atoms with Gasteiger partial charge in [-0.15, -0.1) is 0 Å². The highest BCUT2D eigenvalue weighted by molar-refractivity contribution is 6.62. The highest BCUT2D eigenvalue weighted by atomic mass is 28.4. The van der Waals surface area contributed by atoms with E-state index in [0.717, 1.165) is 0 Å². The van der Waals surface area contributed by atoms with Crippen LogP contribution in [0.5, 0.6) is 0 Å². The SMILES string of the molecule is CCO[Si](OC)(OC)C1CCCC1C. The maximum absolute atomic E-state index is 5.78. The summed E-state index contributed by atoms with van der Waals surface area (Å²) < 4.78 is 16.9. The third-order valence-corrected chi connectivity index (χ3v) is 6.83. The number of hydrogen-bond donors (Lipinski definition) is 0. The van der Waals surface area contributed by atoms with Gasteiger partial charge >= 0.3 is 8.80 Å². The second-order valence-electron chi connectivity index (χ2n) is 3.96. The molecule has 0 radical (unpaired) electrons. The van der Waals surface area contributed by atoms with Gasteiger partial charge < -0.3 is 13.3 Å². The van der Waals surface area contributed by atoms with Crippen LogP contribution in [0.25, 0.3) is 0 Å². The van der Waals surface area contributed by atoms with Crippen LogP contribution < -0.4 is 0 Å². The molecule has 1 aliphatic rings. The van der Waals surface area contributed by atoms with Crippen LogP contribution in [0.3, 0.4) is 0 Å². The molecule has 0 heterocycles. The molecular formula is C10H22O3Si. The molecule has 0 spiro atoms. The van der Waals surface area contributed by atoms with Crippen LogP contribution in [0.1, 0.15) is 33.1 Å². The average molecular weight is 218 g/mol. The van der Waals surface area contributed by atoms with Gasteiger partial charge in [-0.1, -0.05) is 19.8 Å². The fourth-order valence-electron chi connectivity index (χ4n) is 2.48. The van der Waals surface area contributed by atoms with Crippen LogP contribution in [0.4, 0.5) is 0 Å². The molecule has 2 unspecified atom stereocenters. The Morgan fingerprint density at radius 3 is 2.21 bits per heavy atom. The zero-order valence-corrected chi connectivity index (χ0v) is 10.7. The summed E-state index contributed by atoms with van der Waals surface area (Å²) in [7, 11) is 1.06. The fourth-order valence-corrected chi connectivity index (χ4v) is 5.53. The molecule has 0 aliphatic heterocycles. The first-order valence-electron chi connectivity index (χ1n) is 5.44. The summed E-state index contributed by atoms with van der Waals surface area (Å²) in [5.74, 6) is 0.674. The van der Waals surface area contributed by atoms with E-state index in [0.29, 0.717) is 18.1 Å². The van der Waals surface area contributed by atoms with E-state index in [1.807, 2.05) is 6.92 Å². The monoisotopic (exact) mass is 218 g/mol. The van der Waals surface area contributed by atoms with Crippen molar-refractivity contribution in [2.45, 2.75) is 38.7 Å². The van der Waals surface area contributed by atoms with Gasteiger partial charge in [-0.05, 0) is 19.3 Å². The van der Waals surface area contributed by atoms with E-state index in [1.54, 1.807) is 14.2 Å². The Labute approximate surface area is 88.1 Å². The average Bonchev–Trinajstić information content (AvgIpc) is 2.62. The third-order valence-electron chi connectivity index (χ3n) is 3.23. The zero-order chi connectivity index (χ0) is 10.6. The Balaban J connectivity index is 2.73. The molecule has 14 heavy (non-hydrogen) atoms. The lowest BCUT2D eigenvalue weighted by Crippen LogP contribution is -2.49. The summed E-state index contributed by atoms with van der Waals surface area (Å²) in [4.78, 5) is 0. The first-order chi connectivity index (χ1) is 6.70. The largest absolute Gasteiger partial charge is 0.503 e. The second kappa shape index (κ2) is 5.26. The lowest BCUT2D eigenvalue weighted by molar-refractivity contribution is 0.0877. The molecule has 3 nitrogen and oxygen atoms in total. The molecular weight excluding hydrogens is 196 g/mol. The molecule has 0 bridgehead atoms. The van der Waals surface area contributed by atoms with Crippen molar-refractivity contribution in [1.29, 1.82) is 0 Å². The smallest absolute Gasteiger partial charge is 0.377 e. The van der Waals surface area contributed by atoms with Crippen molar-refractivity contribution >= 4 is 8.80 Å². The van der Waals surface area contributed by atoms with Gasteiger partial charge in [0.2, 0.25) is 0 Å². The number of hydrogen-bond acceptors (Lipinski definition) is 3. The van der Waals surface area contributed by atoms with Crippen molar-refractivity contribution in [2.75, 3.05) is 20.8 Å². The summed E-state index contributed by atoms with van der Waals surface area (Å²) in [5, 5.41) is 0. The van der Waals surface area contributed by atoms with E-state index in [1.165, 1.54) is 19.3 Å². The molecule has 4 heteroatoms. The summed E-state index contributed by atoms with van der Waals surface area (Å²) in [5.41, 5.74) is 0.498. The minimum absolute atomic E-state index is 0.498. The molecule has 0 N–H and O–H groups in total. The maximum atomic E-state index is 5.78. The molecule has 0 amide bonds. The molecule has 2 atom stereocenters. The van der Waals surface area contributed by atoms with E-state index in [2.05, 4.69) is 6.92 Å². The van der Waals surface area contributed by atoms with Gasteiger partial charge in [0.1, 0.15) is 0 Å². The highest BCUT2D eigenvalue weighted by Gasteiger charge is 2.51. The van der Waals surface area contributed by atoms with Crippen LogP contribution >= 0.6 is 0 Å². The lowest BCUT2D eigenvalue weighted by Gasteiger charge is -2.33. The predicted molar refractivity (Wildman–Crippen MR) is 58.2 cm³/mol. The molecule has 1 fully saturated rings. The van der Waals surface area contributed by atoms with Crippen molar-refractivity contribution < 1.29 is 13.3 Å². The van der Waals surface area contributed by atoms with Crippen molar-refractivity contribution in [3.63, 3.8) is 0 Å². The summed E-state index contributed by atoms with van der Waals surface area (Å²) in [6.07, 6.45) is 3.74. The molecule has 0 saturated heterocycles. The quantitative estimate of drug-likeness (QED) is 0.663. The van der Waals surface area contributed by atoms with Gasteiger partial charge in [-0.25, -0.2) is 0 Å². The maximum Gasteiger partial charge on any atom is 0.503 e. The van der Waals surface area contributed by atoms with Gasteiger partial charge in [0, 0.05) is 26.4 Å². The van der Waals surface area contributed by atoms with Crippen LogP contribution in [-0.2, 0) is 13.3 Å². The minimum atomic E-state index is -2.37. The standard InChI is InChI=1S/C10H22O3Si/c1-5-13-14(11-3,12-4)10-8-6-7-9(10)2/h9-10H,5-8H2,1-4H3. The molecule has 0 aromatic heterocycles. The Hall–Kier alpha value is 0.0969. The molecule has 84 valence electrons. The first kappa shape index (κ1) is 12.2. The molecule has 0 aromatic rings. The Morgan fingerprint density at radius 2 is 1.86 bits per heavy atom. The summed E-state index contributed by atoms with van der Waals surface area (Å²) >= 11 is 0. The topological polar surface area (TPSA) is 27.7 Å². The van der Waals surface area contributed by atoms with Crippen molar-refractivity contribution in [3.8, 4) is 0 Å². The van der Waals surface area contributed by atoms with E-state index >= 15 is 0 Å². The normalized spacial score (nSPS) is 28.3. The van der Waals surface area contributed by atoms with Crippen molar-refractivity contribution in [2.24, 2.45) is 5.92 Å². The van der Waals surface area contributed by atoms with Gasteiger partial charge in [0.05, 0.1) is 0 Å². The van der Waals surface area contributed by atoms with Gasteiger partial charge in [0.25, 0.3) is 0 Å². The Morgan fingerprint density at radius 1 is 1.21 bits per heavy atom. The zero-order valence-electron chi connectivity index (χ0n) is 9.71. The Bertz CT molecular complexity index is 171. The summed E-state index contributed by atoms with van der Waals surface area (Å²) in [6.45, 7) is 4.95. The van der Waals surface area contributed by atoms with Crippen LogP contribution in [-0.4, -0.2) is 29.6 Å². The van der Waals surface area contributed by atoms with E-state index < -0.39 is 8.80 Å². The molecule has 1 aliphatic carbocycles. The van der Waals surface area contributed by atoms with Crippen molar-refractivity contribution in [1.82, 2.24) is 0 Å². The van der Waals surface area contributed by atoms with Crippen molar-refractivity contribution in [3.05, 3.63) is 0 Å². The molecule has 1 saturated carbocycles. The van der Waals surface area contributed by atoms with Crippen LogP contribution in [0.15, 0.2) is 0 Å². The van der Waals surface area contributed by atoms with E-state index in [-0.39, 0.29) is 0 Å². The first-order valence-corrected chi connectivity index (χ1v) is 7.24. The fraction of sp³-hybridized carbons (Fsp3) is 1.00. The van der Waals surface area contributed by atoms with Crippen LogP contribution in [0.2, 0.25) is 5.54 Å². The van der Waals surface area contributed by atoms with Gasteiger partial charge in [0.15, 0.2) is 0 Å². The number of rotatable bonds is 5. The molecule has 0 aromatic carbocycles. The summed E-state index contributed by atoms with van der Waals surface area (Å²) in [6, 6.07) is 0. The second-order valence-corrected chi connectivity index (χ2v) is 7.01. The van der Waals surface area contributed by atoms with E-state index in [9.17, 15) is 0 Å². The highest BCUT2D eigenvalue weighted by Crippen LogP contribution is 2.43. The third kappa shape index (κ3) is 2.19. The Kier molecular flexibility index (Phi) is 4.57. The molecule has 1 rings (SSSR count). The van der Waals surface area contributed by atoms with Gasteiger partial charge in [-0.2, -0.15) is 0 Å². The van der Waals surface area contributed by atoms with Gasteiger partial charge in [-0.3, -0.25) is 0 Å². The predicted octanol–water partition coefficient (Wildman–Crippen LogP) is 2.44. The van der Waals surface area contributed by atoms with Crippen LogP contribution in [0, 0.1) is 5.92 Å². The minimum Gasteiger partial charge on any atom is -0.377 e. The van der Waals surface area contributed by atoms with E-state index in [4.69, 9.17) is 13.3 Å². The lowest BCUT2D eigenvalue weighted by atomic mass is 10.1.